The second-order valence-electron chi connectivity index (χ2n) is 9.00. The van der Waals surface area contributed by atoms with Crippen LogP contribution in [0.1, 0.15) is 40.7 Å². The van der Waals surface area contributed by atoms with Crippen LogP contribution in [0.3, 0.4) is 0 Å². The molecule has 0 unspecified atom stereocenters. The molecule has 0 aliphatic carbocycles. The minimum Gasteiger partial charge on any atom is -0.361 e. The molecule has 0 atom stereocenters. The maximum atomic E-state index is 12.6. The summed E-state index contributed by atoms with van der Waals surface area (Å²) >= 11 is 0. The van der Waals surface area contributed by atoms with Gasteiger partial charge in [0, 0.05) is 53.8 Å². The Morgan fingerprint density at radius 3 is 2.61 bits per heavy atom. The van der Waals surface area contributed by atoms with Crippen LogP contribution in [0.4, 0.5) is 11.4 Å². The van der Waals surface area contributed by atoms with Crippen LogP contribution >= 0.6 is 0 Å². The molecular formula is C28H27N5O2S. The van der Waals surface area contributed by atoms with Crippen molar-refractivity contribution in [1.29, 1.82) is 5.26 Å². The van der Waals surface area contributed by atoms with Crippen molar-refractivity contribution in [3.63, 3.8) is 0 Å². The number of fused-ring (bicyclic) bond motifs is 1. The molecule has 5 rings (SSSR count). The van der Waals surface area contributed by atoms with Crippen molar-refractivity contribution in [2.24, 2.45) is 0 Å². The standard InChI is InChI=1S/C28H27N5O2S/c1-20-25-12-13-31-27(25)11-10-26(20)32-28-23(17-30-18-24(28)16-29)9-8-21-4-6-22(7-5-21)19-36(34,35)33-14-2-3-15-33/h4-13,17-18,31H,2-3,14-15,19H2,1H3,(H,30,32). The highest BCUT2D eigenvalue weighted by Crippen LogP contribution is 2.31. The summed E-state index contributed by atoms with van der Waals surface area (Å²) in [5.41, 5.74) is 6.68. The zero-order chi connectivity index (χ0) is 25.1. The number of benzene rings is 2. The molecule has 2 aromatic heterocycles. The first kappa shape index (κ1) is 23.8. The first-order chi connectivity index (χ1) is 17.4. The van der Waals surface area contributed by atoms with Gasteiger partial charge < -0.3 is 10.3 Å². The van der Waals surface area contributed by atoms with Gasteiger partial charge in [0.15, 0.2) is 0 Å². The van der Waals surface area contributed by atoms with Crippen LogP contribution in [0.5, 0.6) is 0 Å². The van der Waals surface area contributed by atoms with Crippen LogP contribution in [-0.2, 0) is 15.8 Å². The number of nitrogens with one attached hydrogen (secondary N) is 2. The number of H-pyrrole nitrogens is 1. The van der Waals surface area contributed by atoms with Gasteiger partial charge in [-0.2, -0.15) is 5.26 Å². The van der Waals surface area contributed by atoms with Crippen LogP contribution in [0.25, 0.3) is 23.1 Å². The van der Waals surface area contributed by atoms with E-state index in [4.69, 9.17) is 0 Å². The lowest BCUT2D eigenvalue weighted by atomic mass is 10.1. The van der Waals surface area contributed by atoms with Gasteiger partial charge in [-0.1, -0.05) is 36.4 Å². The fraction of sp³-hybridized carbons (Fsp3) is 0.214. The Labute approximate surface area is 211 Å². The third-order valence-electron chi connectivity index (χ3n) is 6.60. The largest absolute Gasteiger partial charge is 0.361 e. The maximum Gasteiger partial charge on any atom is 0.218 e. The number of nitrogens with zero attached hydrogens (tertiary/aromatic N) is 3. The van der Waals surface area contributed by atoms with E-state index in [-0.39, 0.29) is 5.75 Å². The van der Waals surface area contributed by atoms with E-state index in [1.807, 2.05) is 67.7 Å². The van der Waals surface area contributed by atoms with Gasteiger partial charge in [0.05, 0.1) is 17.0 Å². The Morgan fingerprint density at radius 2 is 1.86 bits per heavy atom. The number of hydrogen-bond acceptors (Lipinski definition) is 5. The van der Waals surface area contributed by atoms with Crippen LogP contribution in [0.2, 0.25) is 0 Å². The number of aryl methyl sites for hydroxylation is 1. The van der Waals surface area contributed by atoms with E-state index in [0.29, 0.717) is 24.3 Å². The van der Waals surface area contributed by atoms with Gasteiger partial charge in [-0.25, -0.2) is 12.7 Å². The molecule has 36 heavy (non-hydrogen) atoms. The zero-order valence-corrected chi connectivity index (χ0v) is 20.8. The zero-order valence-electron chi connectivity index (χ0n) is 20.0. The first-order valence-corrected chi connectivity index (χ1v) is 13.5. The average molecular weight is 498 g/mol. The van der Waals surface area contributed by atoms with E-state index < -0.39 is 10.0 Å². The average Bonchev–Trinajstić information content (AvgIpc) is 3.59. The number of sulfonamides is 1. The van der Waals surface area contributed by atoms with E-state index in [2.05, 4.69) is 21.4 Å². The van der Waals surface area contributed by atoms with Crippen molar-refractivity contribution in [3.05, 3.63) is 88.9 Å². The highest BCUT2D eigenvalue weighted by atomic mass is 32.2. The Hall–Kier alpha value is -3.93. The van der Waals surface area contributed by atoms with Gasteiger partial charge >= 0.3 is 0 Å². The summed E-state index contributed by atoms with van der Waals surface area (Å²) in [5.74, 6) is 0.0179. The molecule has 1 aliphatic rings. The lowest BCUT2D eigenvalue weighted by Gasteiger charge is -2.15. The van der Waals surface area contributed by atoms with Crippen molar-refractivity contribution in [2.75, 3.05) is 18.4 Å². The molecule has 1 saturated heterocycles. The van der Waals surface area contributed by atoms with E-state index >= 15 is 0 Å². The van der Waals surface area contributed by atoms with Crippen LogP contribution in [0.15, 0.2) is 61.1 Å². The predicted molar refractivity (Wildman–Crippen MR) is 144 cm³/mol. The number of anilines is 2. The molecule has 0 radical (unpaired) electrons. The molecule has 8 heteroatoms. The Morgan fingerprint density at radius 1 is 1.08 bits per heavy atom. The number of rotatable bonds is 7. The molecule has 0 bridgehead atoms. The highest BCUT2D eigenvalue weighted by molar-refractivity contribution is 7.88. The first-order valence-electron chi connectivity index (χ1n) is 11.9. The van der Waals surface area contributed by atoms with Gasteiger partial charge in [0.1, 0.15) is 6.07 Å². The van der Waals surface area contributed by atoms with Crippen molar-refractivity contribution in [2.45, 2.75) is 25.5 Å². The van der Waals surface area contributed by atoms with Crippen LogP contribution < -0.4 is 5.32 Å². The predicted octanol–water partition coefficient (Wildman–Crippen LogP) is 5.58. The molecule has 0 saturated carbocycles. The van der Waals surface area contributed by atoms with E-state index in [1.54, 1.807) is 16.7 Å². The van der Waals surface area contributed by atoms with E-state index in [1.165, 1.54) is 0 Å². The molecule has 3 heterocycles. The normalized spacial score (nSPS) is 14.4. The maximum absolute atomic E-state index is 12.6. The van der Waals surface area contributed by atoms with Crippen molar-refractivity contribution in [3.8, 4) is 6.07 Å². The van der Waals surface area contributed by atoms with Gasteiger partial charge in [0.25, 0.3) is 0 Å². The summed E-state index contributed by atoms with van der Waals surface area (Å²) in [5, 5.41) is 14.3. The summed E-state index contributed by atoms with van der Waals surface area (Å²) in [4.78, 5) is 7.45. The van der Waals surface area contributed by atoms with Gasteiger partial charge in [0.2, 0.25) is 10.0 Å². The fourth-order valence-corrected chi connectivity index (χ4v) is 6.17. The van der Waals surface area contributed by atoms with Crippen molar-refractivity contribution in [1.82, 2.24) is 14.3 Å². The monoisotopic (exact) mass is 497 g/mol. The molecule has 4 aromatic rings. The lowest BCUT2D eigenvalue weighted by Crippen LogP contribution is -2.29. The summed E-state index contributed by atoms with van der Waals surface area (Å²) in [6.07, 6.45) is 10.9. The second kappa shape index (κ2) is 9.97. The molecule has 0 spiro atoms. The van der Waals surface area contributed by atoms with Gasteiger partial charge in [-0.3, -0.25) is 4.98 Å². The number of nitriles is 1. The Bertz CT molecular complexity index is 1570. The second-order valence-corrected chi connectivity index (χ2v) is 11.0. The topological polar surface area (TPSA) is 102 Å². The summed E-state index contributed by atoms with van der Waals surface area (Å²) < 4.78 is 26.8. The molecule has 7 nitrogen and oxygen atoms in total. The molecule has 1 aliphatic heterocycles. The summed E-state index contributed by atoms with van der Waals surface area (Å²) in [6, 6.07) is 15.8. The van der Waals surface area contributed by atoms with Crippen LogP contribution in [-0.4, -0.2) is 35.8 Å². The van der Waals surface area contributed by atoms with Crippen LogP contribution in [0, 0.1) is 18.3 Å². The van der Waals surface area contributed by atoms with E-state index in [0.717, 1.165) is 51.7 Å². The minimum absolute atomic E-state index is 0.0179. The lowest BCUT2D eigenvalue weighted by molar-refractivity contribution is 0.476. The third kappa shape index (κ3) is 4.89. The smallest absolute Gasteiger partial charge is 0.218 e. The Balaban J connectivity index is 1.37. The molecule has 2 aromatic carbocycles. The van der Waals surface area contributed by atoms with Crippen molar-refractivity contribution >= 4 is 44.5 Å². The fourth-order valence-electron chi connectivity index (χ4n) is 4.56. The molecule has 182 valence electrons. The highest BCUT2D eigenvalue weighted by Gasteiger charge is 2.25. The molecular weight excluding hydrogens is 470 g/mol. The van der Waals surface area contributed by atoms with Gasteiger partial charge in [-0.05, 0) is 54.7 Å². The number of aromatic amines is 1. The molecule has 1 fully saturated rings. The minimum atomic E-state index is -3.27. The van der Waals surface area contributed by atoms with E-state index in [9.17, 15) is 13.7 Å². The number of pyridine rings is 1. The van der Waals surface area contributed by atoms with Crippen molar-refractivity contribution < 1.29 is 8.42 Å². The van der Waals surface area contributed by atoms with Gasteiger partial charge in [-0.15, -0.1) is 0 Å². The molecule has 0 amide bonds. The molecule has 2 N–H and O–H groups in total. The SMILES string of the molecule is Cc1c(Nc2c(C#N)cncc2C=Cc2ccc(CS(=O)(=O)N3CCCC3)cc2)ccc2[nH]ccc12. The third-order valence-corrected chi connectivity index (χ3v) is 8.45. The Kier molecular flexibility index (Phi) is 6.59. The summed E-state index contributed by atoms with van der Waals surface area (Å²) in [7, 11) is -3.27. The summed E-state index contributed by atoms with van der Waals surface area (Å²) in [6.45, 7) is 3.29. The quantitative estimate of drug-likeness (QED) is 0.347. The number of hydrogen-bond donors (Lipinski definition) is 2. The number of aromatic nitrogens is 2.